The standard InChI is InChI=1S/C18H19N3OS/c1-2-15-4-3-5-16(14-15)6-7-17(22)20-9-11-21(12-10-20)18-19-8-13-23-18/h3-5,8,13-14H,2,9-12H2,1H3. The van der Waals surface area contributed by atoms with Gasteiger partial charge in [0.15, 0.2) is 5.13 Å². The first-order valence-corrected chi connectivity index (χ1v) is 8.68. The number of amides is 1. The van der Waals surface area contributed by atoms with Crippen molar-refractivity contribution in [1.82, 2.24) is 9.88 Å². The molecular weight excluding hydrogens is 306 g/mol. The quantitative estimate of drug-likeness (QED) is 0.796. The predicted octanol–water partition coefficient (Wildman–Crippen LogP) is 2.41. The Morgan fingerprint density at radius 1 is 1.30 bits per heavy atom. The Morgan fingerprint density at radius 3 is 2.83 bits per heavy atom. The fraction of sp³-hybridized carbons (Fsp3) is 0.333. The minimum atomic E-state index is -0.0920. The van der Waals surface area contributed by atoms with Crippen LogP contribution in [0.5, 0.6) is 0 Å². The highest BCUT2D eigenvalue weighted by Crippen LogP contribution is 2.18. The summed E-state index contributed by atoms with van der Waals surface area (Å²) in [7, 11) is 0. The van der Waals surface area contributed by atoms with Crippen molar-refractivity contribution in [2.45, 2.75) is 13.3 Å². The number of thiazole rings is 1. The van der Waals surface area contributed by atoms with Crippen LogP contribution in [0.15, 0.2) is 35.8 Å². The van der Waals surface area contributed by atoms with Crippen LogP contribution in [0.2, 0.25) is 0 Å². The van der Waals surface area contributed by atoms with Gasteiger partial charge < -0.3 is 9.80 Å². The second kappa shape index (κ2) is 7.30. The number of hydrogen-bond acceptors (Lipinski definition) is 4. The van der Waals surface area contributed by atoms with Gasteiger partial charge in [0.25, 0.3) is 5.91 Å². The summed E-state index contributed by atoms with van der Waals surface area (Å²) in [6, 6.07) is 8.05. The van der Waals surface area contributed by atoms with Crippen molar-refractivity contribution in [1.29, 1.82) is 0 Å². The topological polar surface area (TPSA) is 36.4 Å². The number of aryl methyl sites for hydroxylation is 1. The van der Waals surface area contributed by atoms with E-state index in [4.69, 9.17) is 0 Å². The van der Waals surface area contributed by atoms with Crippen molar-refractivity contribution >= 4 is 22.4 Å². The molecule has 23 heavy (non-hydrogen) atoms. The van der Waals surface area contributed by atoms with E-state index in [1.165, 1.54) is 5.56 Å². The van der Waals surface area contributed by atoms with Gasteiger partial charge in [0.1, 0.15) is 0 Å². The third kappa shape index (κ3) is 3.91. The number of carbonyl (C=O) groups is 1. The van der Waals surface area contributed by atoms with Gasteiger partial charge in [-0.05, 0) is 24.1 Å². The Balaban J connectivity index is 1.59. The average Bonchev–Trinajstić information content (AvgIpc) is 3.14. The van der Waals surface area contributed by atoms with E-state index in [9.17, 15) is 4.79 Å². The van der Waals surface area contributed by atoms with E-state index >= 15 is 0 Å². The Morgan fingerprint density at radius 2 is 2.13 bits per heavy atom. The van der Waals surface area contributed by atoms with Crippen molar-refractivity contribution in [3.05, 3.63) is 47.0 Å². The van der Waals surface area contributed by atoms with Crippen LogP contribution in [0.25, 0.3) is 0 Å². The average molecular weight is 325 g/mol. The first kappa shape index (κ1) is 15.6. The lowest BCUT2D eigenvalue weighted by molar-refractivity contribution is -0.125. The summed E-state index contributed by atoms with van der Waals surface area (Å²) >= 11 is 1.63. The van der Waals surface area contributed by atoms with Gasteiger partial charge in [0.2, 0.25) is 0 Å². The molecule has 0 saturated carbocycles. The molecule has 5 heteroatoms. The highest BCUT2D eigenvalue weighted by atomic mass is 32.1. The van der Waals surface area contributed by atoms with Crippen LogP contribution in [0.3, 0.4) is 0 Å². The van der Waals surface area contributed by atoms with Crippen LogP contribution in [0, 0.1) is 11.8 Å². The van der Waals surface area contributed by atoms with Crippen LogP contribution in [0.1, 0.15) is 18.1 Å². The maximum Gasteiger partial charge on any atom is 0.298 e. The molecule has 2 aromatic rings. The second-order valence-electron chi connectivity index (χ2n) is 5.40. The summed E-state index contributed by atoms with van der Waals surface area (Å²) in [5.74, 6) is 5.67. The SMILES string of the molecule is CCc1cccc(C#CC(=O)N2CCN(c3nccs3)CC2)c1. The Hall–Kier alpha value is -2.32. The Labute approximate surface area is 140 Å². The van der Waals surface area contributed by atoms with Crippen LogP contribution < -0.4 is 4.90 Å². The van der Waals surface area contributed by atoms with Crippen LogP contribution in [-0.2, 0) is 11.2 Å². The van der Waals surface area contributed by atoms with Crippen LogP contribution in [-0.4, -0.2) is 42.0 Å². The lowest BCUT2D eigenvalue weighted by Gasteiger charge is -2.33. The summed E-state index contributed by atoms with van der Waals surface area (Å²) in [5.41, 5.74) is 2.14. The molecule has 1 amide bonds. The monoisotopic (exact) mass is 325 g/mol. The van der Waals surface area contributed by atoms with Crippen LogP contribution in [0.4, 0.5) is 5.13 Å². The van der Waals surface area contributed by atoms with Crippen molar-refractivity contribution in [2.24, 2.45) is 0 Å². The fourth-order valence-corrected chi connectivity index (χ4v) is 3.24. The lowest BCUT2D eigenvalue weighted by atomic mass is 10.1. The highest BCUT2D eigenvalue weighted by Gasteiger charge is 2.21. The maximum absolute atomic E-state index is 12.2. The number of piperazine rings is 1. The molecule has 1 aliphatic rings. The largest absolute Gasteiger partial charge is 0.345 e. The fourth-order valence-electron chi connectivity index (χ4n) is 2.55. The number of nitrogens with zero attached hydrogens (tertiary/aromatic N) is 3. The third-order valence-electron chi connectivity index (χ3n) is 3.91. The number of benzene rings is 1. The summed E-state index contributed by atoms with van der Waals surface area (Å²) in [6.07, 6.45) is 2.79. The molecule has 3 rings (SSSR count). The molecule has 2 heterocycles. The van der Waals surface area contributed by atoms with Gasteiger partial charge in [0.05, 0.1) is 0 Å². The molecule has 0 aliphatic carbocycles. The van der Waals surface area contributed by atoms with Gasteiger partial charge in [0, 0.05) is 49.2 Å². The molecule has 4 nitrogen and oxygen atoms in total. The lowest BCUT2D eigenvalue weighted by Crippen LogP contribution is -2.48. The van der Waals surface area contributed by atoms with Crippen molar-refractivity contribution in [2.75, 3.05) is 31.1 Å². The van der Waals surface area contributed by atoms with Crippen molar-refractivity contribution in [3.63, 3.8) is 0 Å². The smallest absolute Gasteiger partial charge is 0.298 e. The first-order valence-electron chi connectivity index (χ1n) is 7.80. The van der Waals surface area contributed by atoms with Gasteiger partial charge in [-0.3, -0.25) is 4.79 Å². The summed E-state index contributed by atoms with van der Waals surface area (Å²) in [5, 5.41) is 3.00. The zero-order valence-electron chi connectivity index (χ0n) is 13.2. The normalized spacial score (nSPS) is 14.3. The van der Waals surface area contributed by atoms with Gasteiger partial charge in [-0.25, -0.2) is 4.98 Å². The van der Waals surface area contributed by atoms with Crippen molar-refractivity contribution < 1.29 is 4.79 Å². The molecule has 1 aliphatic heterocycles. The Bertz CT molecular complexity index is 722. The number of anilines is 1. The first-order chi connectivity index (χ1) is 11.3. The predicted molar refractivity (Wildman–Crippen MR) is 93.6 cm³/mol. The van der Waals surface area contributed by atoms with E-state index in [2.05, 4.69) is 34.7 Å². The van der Waals surface area contributed by atoms with Gasteiger partial charge >= 0.3 is 0 Å². The molecule has 0 spiro atoms. The van der Waals surface area contributed by atoms with E-state index < -0.39 is 0 Å². The molecule has 118 valence electrons. The van der Waals surface area contributed by atoms with Gasteiger partial charge in [-0.1, -0.05) is 25.0 Å². The van der Waals surface area contributed by atoms with Gasteiger partial charge in [-0.2, -0.15) is 0 Å². The molecule has 1 fully saturated rings. The zero-order valence-corrected chi connectivity index (χ0v) is 14.0. The summed E-state index contributed by atoms with van der Waals surface area (Å²) < 4.78 is 0. The Kier molecular flexibility index (Phi) is 4.94. The molecule has 1 saturated heterocycles. The maximum atomic E-state index is 12.2. The molecule has 0 radical (unpaired) electrons. The molecule has 0 N–H and O–H groups in total. The van der Waals surface area contributed by atoms with E-state index in [1.54, 1.807) is 11.3 Å². The number of carbonyl (C=O) groups excluding carboxylic acids is 1. The highest BCUT2D eigenvalue weighted by molar-refractivity contribution is 7.13. The second-order valence-corrected chi connectivity index (χ2v) is 6.27. The third-order valence-corrected chi connectivity index (χ3v) is 4.74. The van der Waals surface area contributed by atoms with E-state index in [0.717, 1.165) is 30.2 Å². The number of aromatic nitrogens is 1. The van der Waals surface area contributed by atoms with Crippen LogP contribution >= 0.6 is 11.3 Å². The number of rotatable bonds is 2. The van der Waals surface area contributed by atoms with Gasteiger partial charge in [-0.15, -0.1) is 11.3 Å². The minimum absolute atomic E-state index is 0.0920. The molecule has 0 unspecified atom stereocenters. The molecule has 1 aromatic carbocycles. The molecular formula is C18H19N3OS. The summed E-state index contributed by atoms with van der Waals surface area (Å²) in [4.78, 5) is 20.6. The van der Waals surface area contributed by atoms with E-state index in [1.807, 2.05) is 34.7 Å². The molecule has 0 bridgehead atoms. The summed E-state index contributed by atoms with van der Waals surface area (Å²) in [6.45, 7) is 5.13. The molecule has 1 aromatic heterocycles. The molecule has 0 atom stereocenters. The van der Waals surface area contributed by atoms with Crippen molar-refractivity contribution in [3.8, 4) is 11.8 Å². The minimum Gasteiger partial charge on any atom is -0.345 e. The van der Waals surface area contributed by atoms with E-state index in [0.29, 0.717) is 13.1 Å². The number of hydrogen-bond donors (Lipinski definition) is 0. The van der Waals surface area contributed by atoms with E-state index in [-0.39, 0.29) is 5.91 Å². The zero-order chi connectivity index (χ0) is 16.1.